The standard InChI is InChI=1S/C18H24N4O/c1-15(22(2)14-17-6-4-3-5-7-17)12-20-18(23)21-13-16-8-10-19-11-9-16/h3-11,15H,12-14H2,1-2H3,(H2,20,21,23)/t15-/m1/s1. The quantitative estimate of drug-likeness (QED) is 0.825. The van der Waals surface area contributed by atoms with Crippen molar-refractivity contribution >= 4 is 6.03 Å². The lowest BCUT2D eigenvalue weighted by Gasteiger charge is -2.25. The van der Waals surface area contributed by atoms with E-state index in [0.717, 1.165) is 12.1 Å². The van der Waals surface area contributed by atoms with Crippen LogP contribution in [0.25, 0.3) is 0 Å². The Kier molecular flexibility index (Phi) is 6.56. The molecule has 2 aromatic rings. The number of nitrogens with zero attached hydrogens (tertiary/aromatic N) is 2. The van der Waals surface area contributed by atoms with E-state index in [9.17, 15) is 4.79 Å². The SMILES string of the molecule is C[C@H](CNC(=O)NCc1ccncc1)N(C)Cc1ccccc1. The van der Waals surface area contributed by atoms with Crippen LogP contribution in [-0.2, 0) is 13.1 Å². The molecule has 0 fully saturated rings. The fraction of sp³-hybridized carbons (Fsp3) is 0.333. The van der Waals surface area contributed by atoms with Crippen LogP contribution in [0, 0.1) is 0 Å². The summed E-state index contributed by atoms with van der Waals surface area (Å²) in [6.45, 7) is 4.07. The number of hydrogen-bond donors (Lipinski definition) is 2. The van der Waals surface area contributed by atoms with Gasteiger partial charge in [-0.05, 0) is 37.2 Å². The van der Waals surface area contributed by atoms with Gasteiger partial charge in [0, 0.05) is 38.1 Å². The molecule has 1 aromatic carbocycles. The van der Waals surface area contributed by atoms with Crippen LogP contribution >= 0.6 is 0 Å². The molecule has 0 aliphatic rings. The first-order chi connectivity index (χ1) is 11.1. The molecule has 1 aromatic heterocycles. The average Bonchev–Trinajstić information content (AvgIpc) is 2.59. The molecule has 0 saturated heterocycles. The summed E-state index contributed by atoms with van der Waals surface area (Å²) in [5.41, 5.74) is 2.30. The van der Waals surface area contributed by atoms with Gasteiger partial charge in [-0.3, -0.25) is 9.88 Å². The zero-order chi connectivity index (χ0) is 16.5. The van der Waals surface area contributed by atoms with Gasteiger partial charge in [0.05, 0.1) is 0 Å². The molecule has 0 spiro atoms. The van der Waals surface area contributed by atoms with E-state index < -0.39 is 0 Å². The molecular weight excluding hydrogens is 288 g/mol. The summed E-state index contributed by atoms with van der Waals surface area (Å²) in [7, 11) is 2.06. The minimum atomic E-state index is -0.151. The van der Waals surface area contributed by atoms with Gasteiger partial charge in [-0.15, -0.1) is 0 Å². The second-order valence-electron chi connectivity index (χ2n) is 5.67. The van der Waals surface area contributed by atoms with E-state index in [1.807, 2.05) is 30.3 Å². The van der Waals surface area contributed by atoms with Crippen molar-refractivity contribution in [1.82, 2.24) is 20.5 Å². The highest BCUT2D eigenvalue weighted by atomic mass is 16.2. The zero-order valence-electron chi connectivity index (χ0n) is 13.7. The van der Waals surface area contributed by atoms with Crippen molar-refractivity contribution in [3.05, 3.63) is 66.0 Å². The number of urea groups is 1. The highest BCUT2D eigenvalue weighted by Gasteiger charge is 2.11. The highest BCUT2D eigenvalue weighted by Crippen LogP contribution is 2.05. The Morgan fingerprint density at radius 1 is 1.09 bits per heavy atom. The van der Waals surface area contributed by atoms with Crippen molar-refractivity contribution < 1.29 is 4.79 Å². The Morgan fingerprint density at radius 2 is 1.78 bits per heavy atom. The highest BCUT2D eigenvalue weighted by molar-refractivity contribution is 5.73. The Labute approximate surface area is 137 Å². The molecule has 0 radical (unpaired) electrons. The molecule has 1 heterocycles. The summed E-state index contributed by atoms with van der Waals surface area (Å²) in [6, 6.07) is 14.2. The fourth-order valence-corrected chi connectivity index (χ4v) is 2.17. The van der Waals surface area contributed by atoms with Gasteiger partial charge in [0.1, 0.15) is 0 Å². The van der Waals surface area contributed by atoms with Crippen LogP contribution in [0.15, 0.2) is 54.9 Å². The summed E-state index contributed by atoms with van der Waals surface area (Å²) in [4.78, 5) is 18.0. The molecule has 5 nitrogen and oxygen atoms in total. The molecule has 2 amide bonds. The van der Waals surface area contributed by atoms with Gasteiger partial charge in [0.15, 0.2) is 0 Å². The predicted octanol–water partition coefficient (Wildman–Crippen LogP) is 2.40. The Morgan fingerprint density at radius 3 is 2.48 bits per heavy atom. The number of benzene rings is 1. The Hall–Kier alpha value is -2.40. The van der Waals surface area contributed by atoms with E-state index in [4.69, 9.17) is 0 Å². The Bertz CT molecular complexity index is 588. The third-order valence-electron chi connectivity index (χ3n) is 3.79. The average molecular weight is 312 g/mol. The number of hydrogen-bond acceptors (Lipinski definition) is 3. The number of likely N-dealkylation sites (N-methyl/N-ethyl adjacent to an activating group) is 1. The third-order valence-corrected chi connectivity index (χ3v) is 3.79. The minimum absolute atomic E-state index is 0.151. The second kappa shape index (κ2) is 8.90. The van der Waals surface area contributed by atoms with Crippen molar-refractivity contribution in [2.45, 2.75) is 26.1 Å². The fourth-order valence-electron chi connectivity index (χ4n) is 2.17. The molecular formula is C18H24N4O. The summed E-state index contributed by atoms with van der Waals surface area (Å²) in [5.74, 6) is 0. The number of aromatic nitrogens is 1. The maximum Gasteiger partial charge on any atom is 0.315 e. The molecule has 1 atom stereocenters. The number of nitrogens with one attached hydrogen (secondary N) is 2. The lowest BCUT2D eigenvalue weighted by atomic mass is 10.2. The van der Waals surface area contributed by atoms with E-state index >= 15 is 0 Å². The van der Waals surface area contributed by atoms with E-state index in [-0.39, 0.29) is 12.1 Å². The topological polar surface area (TPSA) is 57.3 Å². The van der Waals surface area contributed by atoms with Gasteiger partial charge in [-0.2, -0.15) is 0 Å². The van der Waals surface area contributed by atoms with E-state index in [1.54, 1.807) is 12.4 Å². The summed E-state index contributed by atoms with van der Waals surface area (Å²) in [6.07, 6.45) is 3.44. The van der Waals surface area contributed by atoms with Crippen molar-refractivity contribution in [1.29, 1.82) is 0 Å². The van der Waals surface area contributed by atoms with Crippen LogP contribution < -0.4 is 10.6 Å². The number of carbonyl (C=O) groups excluding carboxylic acids is 1. The van der Waals surface area contributed by atoms with E-state index in [0.29, 0.717) is 13.1 Å². The van der Waals surface area contributed by atoms with Gasteiger partial charge in [-0.1, -0.05) is 30.3 Å². The third kappa shape index (κ3) is 6.08. The maximum atomic E-state index is 11.8. The molecule has 0 bridgehead atoms. The summed E-state index contributed by atoms with van der Waals surface area (Å²) in [5, 5.41) is 5.76. The minimum Gasteiger partial charge on any atom is -0.337 e. The van der Waals surface area contributed by atoms with Crippen molar-refractivity contribution in [2.24, 2.45) is 0 Å². The van der Waals surface area contributed by atoms with Gasteiger partial charge in [0.2, 0.25) is 0 Å². The molecule has 2 rings (SSSR count). The van der Waals surface area contributed by atoms with Gasteiger partial charge >= 0.3 is 6.03 Å². The molecule has 5 heteroatoms. The number of amides is 2. The molecule has 0 unspecified atom stereocenters. The number of carbonyl (C=O) groups is 1. The van der Waals surface area contributed by atoms with Gasteiger partial charge in [-0.25, -0.2) is 4.79 Å². The predicted molar refractivity (Wildman–Crippen MR) is 91.8 cm³/mol. The van der Waals surface area contributed by atoms with Crippen LogP contribution in [0.5, 0.6) is 0 Å². The molecule has 122 valence electrons. The number of pyridine rings is 1. The molecule has 0 aliphatic carbocycles. The first kappa shape index (κ1) is 17.0. The van der Waals surface area contributed by atoms with Crippen LogP contribution in [-0.4, -0.2) is 35.5 Å². The van der Waals surface area contributed by atoms with Crippen molar-refractivity contribution in [2.75, 3.05) is 13.6 Å². The molecule has 2 N–H and O–H groups in total. The lowest BCUT2D eigenvalue weighted by Crippen LogP contribution is -2.43. The monoisotopic (exact) mass is 312 g/mol. The van der Waals surface area contributed by atoms with Crippen LogP contribution in [0.3, 0.4) is 0 Å². The number of rotatable bonds is 7. The van der Waals surface area contributed by atoms with E-state index in [2.05, 4.69) is 46.6 Å². The Balaban J connectivity index is 1.68. The maximum absolute atomic E-state index is 11.8. The largest absolute Gasteiger partial charge is 0.337 e. The zero-order valence-corrected chi connectivity index (χ0v) is 13.7. The first-order valence-electron chi connectivity index (χ1n) is 7.80. The van der Waals surface area contributed by atoms with Crippen LogP contribution in [0.2, 0.25) is 0 Å². The van der Waals surface area contributed by atoms with Crippen molar-refractivity contribution in [3.8, 4) is 0 Å². The molecule has 23 heavy (non-hydrogen) atoms. The normalized spacial score (nSPS) is 12.0. The second-order valence-corrected chi connectivity index (χ2v) is 5.67. The van der Waals surface area contributed by atoms with Crippen LogP contribution in [0.4, 0.5) is 4.79 Å². The van der Waals surface area contributed by atoms with E-state index in [1.165, 1.54) is 5.56 Å². The first-order valence-corrected chi connectivity index (χ1v) is 7.80. The van der Waals surface area contributed by atoms with Crippen LogP contribution in [0.1, 0.15) is 18.1 Å². The molecule has 0 aliphatic heterocycles. The van der Waals surface area contributed by atoms with Gasteiger partial charge in [0.25, 0.3) is 0 Å². The lowest BCUT2D eigenvalue weighted by molar-refractivity contribution is 0.223. The summed E-state index contributed by atoms with van der Waals surface area (Å²) < 4.78 is 0. The van der Waals surface area contributed by atoms with Crippen molar-refractivity contribution in [3.63, 3.8) is 0 Å². The smallest absolute Gasteiger partial charge is 0.315 e. The molecule has 0 saturated carbocycles. The summed E-state index contributed by atoms with van der Waals surface area (Å²) >= 11 is 0. The van der Waals surface area contributed by atoms with Gasteiger partial charge < -0.3 is 10.6 Å².